The molecule has 0 unspecified atom stereocenters. The van der Waals surface area contributed by atoms with Crippen LogP contribution in [0.2, 0.25) is 0 Å². The Labute approximate surface area is 283 Å². The third kappa shape index (κ3) is 10.4. The third-order valence-electron chi connectivity index (χ3n) is 7.93. The van der Waals surface area contributed by atoms with Crippen molar-refractivity contribution < 1.29 is 28.6 Å². The summed E-state index contributed by atoms with van der Waals surface area (Å²) in [6.07, 6.45) is 0. The number of hydrogen-bond donors (Lipinski definition) is 0. The van der Waals surface area contributed by atoms with Gasteiger partial charge in [-0.05, 0) is 75.4 Å². The summed E-state index contributed by atoms with van der Waals surface area (Å²) in [5.74, 6) is -1.94. The van der Waals surface area contributed by atoms with Gasteiger partial charge in [0.15, 0.2) is 0 Å². The Morgan fingerprint density at radius 2 is 0.688 bits per heavy atom. The van der Waals surface area contributed by atoms with Crippen LogP contribution in [0, 0.1) is 0 Å². The van der Waals surface area contributed by atoms with E-state index in [4.69, 9.17) is 14.2 Å². The maximum Gasteiger partial charge on any atom is 0.338 e. The summed E-state index contributed by atoms with van der Waals surface area (Å²) < 4.78 is 16.8. The Morgan fingerprint density at radius 3 is 0.917 bits per heavy atom. The van der Waals surface area contributed by atoms with Crippen LogP contribution < -0.4 is 14.7 Å². The summed E-state index contributed by atoms with van der Waals surface area (Å²) >= 11 is 0. The summed E-state index contributed by atoms with van der Waals surface area (Å²) in [6, 6.07) is 33.8. The van der Waals surface area contributed by atoms with Crippen LogP contribution >= 0.6 is 0 Å². The number of para-hydroxylation sites is 3. The molecule has 4 rings (SSSR count). The van der Waals surface area contributed by atoms with E-state index in [1.165, 1.54) is 18.2 Å². The van der Waals surface area contributed by atoms with Crippen LogP contribution in [0.25, 0.3) is 0 Å². The first-order valence-electron chi connectivity index (χ1n) is 16.5. The number of carbonyl (C=O) groups excluding carboxylic acids is 3. The van der Waals surface area contributed by atoms with Crippen molar-refractivity contribution in [1.29, 1.82) is 0 Å². The van der Waals surface area contributed by atoms with Crippen LogP contribution in [0.15, 0.2) is 109 Å². The maximum atomic E-state index is 13.2. The molecule has 0 bridgehead atoms. The van der Waals surface area contributed by atoms with Crippen molar-refractivity contribution in [3.05, 3.63) is 126 Å². The third-order valence-corrected chi connectivity index (χ3v) is 7.93. The smallest absolute Gasteiger partial charge is 0.338 e. The van der Waals surface area contributed by atoms with Gasteiger partial charge in [0.25, 0.3) is 0 Å². The van der Waals surface area contributed by atoms with Crippen molar-refractivity contribution in [2.75, 3.05) is 73.8 Å². The molecule has 252 valence electrons. The predicted molar refractivity (Wildman–Crippen MR) is 190 cm³/mol. The van der Waals surface area contributed by atoms with Crippen LogP contribution in [-0.4, -0.2) is 77.0 Å². The fourth-order valence-electron chi connectivity index (χ4n) is 5.30. The average molecular weight is 652 g/mol. The van der Waals surface area contributed by atoms with Gasteiger partial charge in [-0.1, -0.05) is 54.6 Å². The van der Waals surface area contributed by atoms with Crippen LogP contribution in [0.5, 0.6) is 0 Å². The Kier molecular flexibility index (Phi) is 13.9. The maximum absolute atomic E-state index is 13.2. The molecule has 48 heavy (non-hydrogen) atoms. The monoisotopic (exact) mass is 651 g/mol. The molecule has 0 aromatic heterocycles. The second-order valence-corrected chi connectivity index (χ2v) is 11.0. The summed E-state index contributed by atoms with van der Waals surface area (Å²) in [5.41, 5.74) is 3.27. The highest BCUT2D eigenvalue weighted by atomic mass is 16.5. The molecule has 0 aliphatic carbocycles. The Hall–Kier alpha value is -5.31. The van der Waals surface area contributed by atoms with Crippen LogP contribution in [-0.2, 0) is 14.2 Å². The van der Waals surface area contributed by atoms with Gasteiger partial charge in [0.05, 0.1) is 36.3 Å². The molecule has 0 fully saturated rings. The fourth-order valence-corrected chi connectivity index (χ4v) is 5.30. The summed E-state index contributed by atoms with van der Waals surface area (Å²) in [4.78, 5) is 46.0. The van der Waals surface area contributed by atoms with Gasteiger partial charge in [0.2, 0.25) is 0 Å². The van der Waals surface area contributed by atoms with Crippen LogP contribution in [0.4, 0.5) is 17.1 Å². The van der Waals surface area contributed by atoms with Crippen LogP contribution in [0.3, 0.4) is 0 Å². The molecule has 0 radical (unpaired) electrons. The first kappa shape index (κ1) is 35.5. The lowest BCUT2D eigenvalue weighted by molar-refractivity contribution is 0.0512. The van der Waals surface area contributed by atoms with Crippen molar-refractivity contribution in [3.8, 4) is 0 Å². The summed E-state index contributed by atoms with van der Waals surface area (Å²) in [6.45, 7) is 10.1. The van der Waals surface area contributed by atoms with E-state index >= 15 is 0 Å². The Balaban J connectivity index is 1.44. The van der Waals surface area contributed by atoms with Crippen molar-refractivity contribution in [3.63, 3.8) is 0 Å². The van der Waals surface area contributed by atoms with E-state index < -0.39 is 17.9 Å². The first-order chi connectivity index (χ1) is 23.4. The molecule has 9 nitrogen and oxygen atoms in total. The van der Waals surface area contributed by atoms with E-state index in [1.807, 2.05) is 112 Å². The fraction of sp³-hybridized carbons (Fsp3) is 0.308. The molecule has 4 aromatic carbocycles. The highest BCUT2D eigenvalue weighted by molar-refractivity contribution is 6.00. The van der Waals surface area contributed by atoms with Crippen LogP contribution in [0.1, 0.15) is 51.8 Å². The average Bonchev–Trinajstić information content (AvgIpc) is 3.14. The van der Waals surface area contributed by atoms with E-state index in [-0.39, 0.29) is 36.5 Å². The van der Waals surface area contributed by atoms with Crippen molar-refractivity contribution in [2.45, 2.75) is 20.8 Å². The summed E-state index contributed by atoms with van der Waals surface area (Å²) in [5, 5.41) is 0. The molecule has 0 saturated carbocycles. The SMILES string of the molecule is CCN(CCOC(=O)c1cc(C(=O)OCCN(CC)c2ccccc2)cc(C(=O)OCCN(CC)c2ccccc2)c1)c1ccccc1. The number of esters is 3. The molecule has 9 heteroatoms. The number of hydrogen-bond acceptors (Lipinski definition) is 9. The minimum atomic E-state index is -0.648. The van der Waals surface area contributed by atoms with Gasteiger partial charge in [0, 0.05) is 36.7 Å². The molecule has 0 spiro atoms. The molecule has 0 saturated heterocycles. The zero-order valence-corrected chi connectivity index (χ0v) is 28.0. The highest BCUT2D eigenvalue weighted by Crippen LogP contribution is 2.18. The number of likely N-dealkylation sites (N-methyl/N-ethyl adjacent to an activating group) is 3. The minimum absolute atomic E-state index is 0.0677. The predicted octanol–water partition coefficient (Wildman–Crippen LogP) is 6.74. The lowest BCUT2D eigenvalue weighted by Crippen LogP contribution is -2.28. The molecule has 0 aliphatic rings. The molecule has 0 atom stereocenters. The number of ether oxygens (including phenoxy) is 3. The van der Waals surface area contributed by atoms with Gasteiger partial charge in [-0.2, -0.15) is 0 Å². The quantitative estimate of drug-likeness (QED) is 0.0858. The molecule has 4 aromatic rings. The molecule has 0 heterocycles. The van der Waals surface area contributed by atoms with Gasteiger partial charge in [-0.25, -0.2) is 14.4 Å². The number of nitrogens with zero attached hydrogens (tertiary/aromatic N) is 3. The van der Waals surface area contributed by atoms with E-state index in [2.05, 4.69) is 14.7 Å². The van der Waals surface area contributed by atoms with Gasteiger partial charge < -0.3 is 28.9 Å². The van der Waals surface area contributed by atoms with Gasteiger partial charge >= 0.3 is 17.9 Å². The van der Waals surface area contributed by atoms with E-state index in [0.29, 0.717) is 19.6 Å². The number of anilines is 3. The Morgan fingerprint density at radius 1 is 0.438 bits per heavy atom. The molecular formula is C39H45N3O6. The summed E-state index contributed by atoms with van der Waals surface area (Å²) in [7, 11) is 0. The van der Waals surface area contributed by atoms with Gasteiger partial charge in [-0.15, -0.1) is 0 Å². The van der Waals surface area contributed by atoms with Gasteiger partial charge in [-0.3, -0.25) is 0 Å². The van der Waals surface area contributed by atoms with Crippen molar-refractivity contribution >= 4 is 35.0 Å². The topological polar surface area (TPSA) is 88.6 Å². The van der Waals surface area contributed by atoms with E-state index in [9.17, 15) is 14.4 Å². The minimum Gasteiger partial charge on any atom is -0.460 e. The highest BCUT2D eigenvalue weighted by Gasteiger charge is 2.20. The molecule has 0 amide bonds. The standard InChI is InChI=1S/C39H45N3O6/c1-4-40(34-16-10-7-11-17-34)22-25-46-37(43)31-28-32(38(44)47-26-23-41(5-2)35-18-12-8-13-19-35)30-33(29-31)39(45)48-27-24-42(6-3)36-20-14-9-15-21-36/h7-21,28-30H,4-6,22-27H2,1-3H3. The second kappa shape index (κ2) is 18.7. The second-order valence-electron chi connectivity index (χ2n) is 11.0. The van der Waals surface area contributed by atoms with Gasteiger partial charge in [0.1, 0.15) is 19.8 Å². The zero-order valence-electron chi connectivity index (χ0n) is 28.0. The zero-order chi connectivity index (χ0) is 34.1. The van der Waals surface area contributed by atoms with E-state index in [1.54, 1.807) is 0 Å². The van der Waals surface area contributed by atoms with Crippen molar-refractivity contribution in [1.82, 2.24) is 0 Å². The van der Waals surface area contributed by atoms with Crippen molar-refractivity contribution in [2.24, 2.45) is 0 Å². The number of benzene rings is 4. The normalized spacial score (nSPS) is 10.6. The molecule has 0 aliphatic heterocycles. The Bertz CT molecular complexity index is 1380. The lowest BCUT2D eigenvalue weighted by Gasteiger charge is -2.23. The first-order valence-corrected chi connectivity index (χ1v) is 16.5. The lowest BCUT2D eigenvalue weighted by atomic mass is 10.1. The van der Waals surface area contributed by atoms with E-state index in [0.717, 1.165) is 36.7 Å². The molecular weight excluding hydrogens is 606 g/mol. The number of rotatable bonds is 18. The number of carbonyl (C=O) groups is 3. The molecule has 0 N–H and O–H groups in total. The largest absolute Gasteiger partial charge is 0.460 e.